The van der Waals surface area contributed by atoms with E-state index in [1.807, 2.05) is 24.3 Å². The number of hydrogen-bond donors (Lipinski definition) is 1. The molecule has 136 valence electrons. The van der Waals surface area contributed by atoms with E-state index < -0.39 is 10.0 Å². The molecule has 0 spiro atoms. The molecule has 0 fully saturated rings. The van der Waals surface area contributed by atoms with Gasteiger partial charge in [0.2, 0.25) is 10.0 Å². The Bertz CT molecular complexity index is 803. The first kappa shape index (κ1) is 20.0. The molecule has 0 aromatic heterocycles. The van der Waals surface area contributed by atoms with Gasteiger partial charge in [-0.05, 0) is 29.7 Å². The van der Waals surface area contributed by atoms with Crippen molar-refractivity contribution >= 4 is 33.2 Å². The molecule has 7 heteroatoms. The van der Waals surface area contributed by atoms with Gasteiger partial charge < -0.3 is 4.74 Å². The van der Waals surface area contributed by atoms with Gasteiger partial charge in [0.15, 0.2) is 0 Å². The van der Waals surface area contributed by atoms with E-state index in [9.17, 15) is 8.42 Å². The van der Waals surface area contributed by atoms with Crippen molar-refractivity contribution in [3.8, 4) is 5.75 Å². The number of rotatable bonds is 8. The highest BCUT2D eigenvalue weighted by Gasteiger charge is 2.16. The van der Waals surface area contributed by atoms with E-state index in [1.54, 1.807) is 18.2 Å². The predicted octanol–water partition coefficient (Wildman–Crippen LogP) is 4.62. The largest absolute Gasteiger partial charge is 0.492 e. The Balaban J connectivity index is 1.91. The molecule has 0 bridgehead atoms. The van der Waals surface area contributed by atoms with Gasteiger partial charge in [-0.25, -0.2) is 13.1 Å². The molecule has 1 N–H and O–H groups in total. The zero-order valence-corrected chi connectivity index (χ0v) is 16.5. The molecule has 0 aliphatic carbocycles. The Morgan fingerprint density at radius 2 is 1.68 bits per heavy atom. The number of sulfonamides is 1. The van der Waals surface area contributed by atoms with Crippen LogP contribution in [-0.2, 0) is 15.8 Å². The first-order chi connectivity index (χ1) is 11.8. The number of ether oxygens (including phenoxy) is 1. The maximum absolute atomic E-state index is 12.2. The van der Waals surface area contributed by atoms with Crippen molar-refractivity contribution in [3.05, 3.63) is 63.6 Å². The number of halogens is 2. The minimum Gasteiger partial charge on any atom is -0.492 e. The zero-order valence-electron chi connectivity index (χ0n) is 14.1. The van der Waals surface area contributed by atoms with Crippen LogP contribution in [-0.4, -0.2) is 21.6 Å². The summed E-state index contributed by atoms with van der Waals surface area (Å²) in [7, 11) is -3.56. The van der Waals surface area contributed by atoms with Crippen LogP contribution in [0, 0.1) is 0 Å². The van der Waals surface area contributed by atoms with Gasteiger partial charge in [0, 0.05) is 22.2 Å². The van der Waals surface area contributed by atoms with Gasteiger partial charge >= 0.3 is 0 Å². The summed E-state index contributed by atoms with van der Waals surface area (Å²) in [5, 5.41) is 0.667. The van der Waals surface area contributed by atoms with E-state index >= 15 is 0 Å². The van der Waals surface area contributed by atoms with Crippen LogP contribution in [0.5, 0.6) is 5.75 Å². The molecule has 0 unspecified atom stereocenters. The van der Waals surface area contributed by atoms with Crippen LogP contribution in [0.4, 0.5) is 0 Å². The fourth-order valence-electron chi connectivity index (χ4n) is 2.36. The average Bonchev–Trinajstić information content (AvgIpc) is 2.55. The maximum Gasteiger partial charge on any atom is 0.216 e. The highest BCUT2D eigenvalue weighted by Crippen LogP contribution is 2.26. The number of para-hydroxylation sites is 1. The van der Waals surface area contributed by atoms with Crippen LogP contribution in [0.2, 0.25) is 10.0 Å². The summed E-state index contributed by atoms with van der Waals surface area (Å²) in [6.45, 7) is 4.56. The highest BCUT2D eigenvalue weighted by molar-refractivity contribution is 7.88. The topological polar surface area (TPSA) is 55.4 Å². The zero-order chi connectivity index (χ0) is 18.4. The van der Waals surface area contributed by atoms with Crippen molar-refractivity contribution in [1.82, 2.24) is 4.72 Å². The van der Waals surface area contributed by atoms with Gasteiger partial charge in [-0.15, -0.1) is 0 Å². The summed E-state index contributed by atoms with van der Waals surface area (Å²) in [5.41, 5.74) is 1.48. The SMILES string of the molecule is CC(C)c1ccccc1OCCNS(=O)(=O)Cc1c(Cl)cccc1Cl. The second kappa shape index (κ2) is 8.90. The number of benzene rings is 2. The van der Waals surface area contributed by atoms with Crippen LogP contribution in [0.25, 0.3) is 0 Å². The van der Waals surface area contributed by atoms with Gasteiger partial charge in [-0.3, -0.25) is 0 Å². The van der Waals surface area contributed by atoms with E-state index in [1.165, 1.54) is 0 Å². The van der Waals surface area contributed by atoms with Crippen molar-refractivity contribution in [2.24, 2.45) is 0 Å². The lowest BCUT2D eigenvalue weighted by Crippen LogP contribution is -2.29. The van der Waals surface area contributed by atoms with E-state index in [2.05, 4.69) is 18.6 Å². The van der Waals surface area contributed by atoms with Crippen molar-refractivity contribution in [2.75, 3.05) is 13.2 Å². The summed E-state index contributed by atoms with van der Waals surface area (Å²) in [5.74, 6) is 0.828. The quantitative estimate of drug-likeness (QED) is 0.656. The first-order valence-corrected chi connectivity index (χ1v) is 10.3. The molecule has 0 radical (unpaired) electrons. The Morgan fingerprint density at radius 1 is 1.04 bits per heavy atom. The standard InChI is InChI=1S/C18H21Cl2NO3S/c1-13(2)14-6-3-4-9-18(14)24-11-10-21-25(22,23)12-15-16(19)7-5-8-17(15)20/h3-9,13,21H,10-12H2,1-2H3. The molecule has 2 aromatic rings. The molecule has 0 aliphatic heterocycles. The first-order valence-electron chi connectivity index (χ1n) is 7.92. The fraction of sp³-hybridized carbons (Fsp3) is 0.333. The van der Waals surface area contributed by atoms with Crippen molar-refractivity contribution in [1.29, 1.82) is 0 Å². The number of hydrogen-bond acceptors (Lipinski definition) is 3. The van der Waals surface area contributed by atoms with Gasteiger partial charge in [0.05, 0.1) is 5.75 Å². The Kier molecular flexibility index (Phi) is 7.14. The van der Waals surface area contributed by atoms with Gasteiger partial charge in [-0.2, -0.15) is 0 Å². The molecule has 0 atom stereocenters. The highest BCUT2D eigenvalue weighted by atomic mass is 35.5. The lowest BCUT2D eigenvalue weighted by atomic mass is 10.0. The van der Waals surface area contributed by atoms with E-state index in [4.69, 9.17) is 27.9 Å². The molecule has 0 saturated carbocycles. The number of nitrogens with one attached hydrogen (secondary N) is 1. The Morgan fingerprint density at radius 3 is 2.32 bits per heavy atom. The molecule has 4 nitrogen and oxygen atoms in total. The van der Waals surface area contributed by atoms with Crippen LogP contribution >= 0.6 is 23.2 Å². The molecule has 0 aliphatic rings. The average molecular weight is 402 g/mol. The maximum atomic E-state index is 12.2. The Labute approximate surface area is 159 Å². The van der Waals surface area contributed by atoms with Crippen LogP contribution in [0.3, 0.4) is 0 Å². The third-order valence-electron chi connectivity index (χ3n) is 3.62. The summed E-state index contributed by atoms with van der Waals surface area (Å²) < 4.78 is 32.6. The molecule has 0 saturated heterocycles. The second-order valence-electron chi connectivity index (χ2n) is 5.89. The van der Waals surface area contributed by atoms with Gasteiger partial charge in [-0.1, -0.05) is 61.3 Å². The third-order valence-corrected chi connectivity index (χ3v) is 5.64. The summed E-state index contributed by atoms with van der Waals surface area (Å²) in [6, 6.07) is 12.6. The predicted molar refractivity (Wildman–Crippen MR) is 103 cm³/mol. The molecule has 0 heterocycles. The Hall–Kier alpha value is -1.27. The molecular formula is C18H21Cl2NO3S. The van der Waals surface area contributed by atoms with Crippen LogP contribution in [0.15, 0.2) is 42.5 Å². The molecule has 2 aromatic carbocycles. The summed E-state index contributed by atoms with van der Waals surface area (Å²) in [4.78, 5) is 0. The van der Waals surface area contributed by atoms with Crippen molar-refractivity contribution in [3.63, 3.8) is 0 Å². The third kappa shape index (κ3) is 5.89. The lowest BCUT2D eigenvalue weighted by molar-refractivity contribution is 0.318. The monoisotopic (exact) mass is 401 g/mol. The van der Waals surface area contributed by atoms with Gasteiger partial charge in [0.1, 0.15) is 12.4 Å². The van der Waals surface area contributed by atoms with Crippen molar-refractivity contribution < 1.29 is 13.2 Å². The minimum absolute atomic E-state index is 0.164. The van der Waals surface area contributed by atoms with Crippen LogP contribution in [0.1, 0.15) is 30.9 Å². The van der Waals surface area contributed by atoms with Crippen LogP contribution < -0.4 is 9.46 Å². The minimum atomic E-state index is -3.56. The molecular weight excluding hydrogens is 381 g/mol. The van der Waals surface area contributed by atoms with Gasteiger partial charge in [0.25, 0.3) is 0 Å². The summed E-state index contributed by atoms with van der Waals surface area (Å²) in [6.07, 6.45) is 0. The fourth-order valence-corrected chi connectivity index (χ4v) is 4.24. The molecule has 2 rings (SSSR count). The lowest BCUT2D eigenvalue weighted by Gasteiger charge is -2.14. The summed E-state index contributed by atoms with van der Waals surface area (Å²) >= 11 is 12.0. The second-order valence-corrected chi connectivity index (χ2v) is 8.52. The molecule has 0 amide bonds. The van der Waals surface area contributed by atoms with E-state index in [0.29, 0.717) is 21.5 Å². The smallest absolute Gasteiger partial charge is 0.216 e. The normalized spacial score (nSPS) is 11.7. The van der Waals surface area contributed by atoms with E-state index in [-0.39, 0.29) is 18.9 Å². The molecule has 25 heavy (non-hydrogen) atoms. The van der Waals surface area contributed by atoms with E-state index in [0.717, 1.165) is 11.3 Å². The van der Waals surface area contributed by atoms with Crippen molar-refractivity contribution in [2.45, 2.75) is 25.5 Å².